The fourth-order valence-electron chi connectivity index (χ4n) is 3.76. The lowest BCUT2D eigenvalue weighted by Gasteiger charge is -2.18. The van der Waals surface area contributed by atoms with Crippen LogP contribution in [0.5, 0.6) is 0 Å². The predicted molar refractivity (Wildman–Crippen MR) is 95.4 cm³/mol. The first-order valence-corrected chi connectivity index (χ1v) is 9.45. The number of carbonyl (C=O) groups is 1. The summed E-state index contributed by atoms with van der Waals surface area (Å²) in [6.45, 7) is 6.60. The molecule has 1 atom stereocenters. The third kappa shape index (κ3) is 3.54. The quantitative estimate of drug-likeness (QED) is 0.907. The van der Waals surface area contributed by atoms with Crippen LogP contribution in [0, 0.1) is 0 Å². The molecular weight excluding hydrogens is 332 g/mol. The maximum absolute atomic E-state index is 12.9. The molecule has 4 rings (SSSR count). The van der Waals surface area contributed by atoms with Gasteiger partial charge >= 0.3 is 0 Å². The van der Waals surface area contributed by atoms with Gasteiger partial charge in [0.05, 0.1) is 30.6 Å². The molecule has 2 aliphatic rings. The first-order chi connectivity index (χ1) is 12.6. The van der Waals surface area contributed by atoms with Crippen molar-refractivity contribution in [2.24, 2.45) is 0 Å². The van der Waals surface area contributed by atoms with Crippen molar-refractivity contribution < 1.29 is 14.3 Å². The molecule has 1 saturated heterocycles. The van der Waals surface area contributed by atoms with Gasteiger partial charge in [-0.2, -0.15) is 5.10 Å². The van der Waals surface area contributed by atoms with E-state index in [9.17, 15) is 9.90 Å². The average Bonchev–Trinajstić information content (AvgIpc) is 3.34. The second kappa shape index (κ2) is 7.25. The maximum atomic E-state index is 12.9. The first kappa shape index (κ1) is 17.3. The fraction of sp³-hybridized carbons (Fsp3) is 0.579. The normalized spacial score (nSPS) is 19.4. The number of aliphatic hydroxyl groups excluding tert-OH is 1. The summed E-state index contributed by atoms with van der Waals surface area (Å²) in [7, 11) is 0. The number of aryl methyl sites for hydroxylation is 1. The van der Waals surface area contributed by atoms with Gasteiger partial charge in [-0.1, -0.05) is 0 Å². The summed E-state index contributed by atoms with van der Waals surface area (Å²) in [4.78, 5) is 17.1. The number of rotatable bonds is 4. The van der Waals surface area contributed by atoms with Crippen molar-refractivity contribution in [2.75, 3.05) is 19.6 Å². The van der Waals surface area contributed by atoms with Crippen LogP contribution in [0.3, 0.4) is 0 Å². The Bertz CT molecular complexity index is 774. The highest BCUT2D eigenvalue weighted by molar-refractivity contribution is 5.91. The Labute approximate surface area is 153 Å². The summed E-state index contributed by atoms with van der Waals surface area (Å²) in [6.07, 6.45) is 2.71. The number of nitrogens with zero attached hydrogens (tertiary/aromatic N) is 4. The third-order valence-electron chi connectivity index (χ3n) is 5.20. The van der Waals surface area contributed by atoms with Crippen molar-refractivity contribution in [3.8, 4) is 0 Å². The van der Waals surface area contributed by atoms with E-state index < -0.39 is 6.10 Å². The fourth-order valence-corrected chi connectivity index (χ4v) is 3.76. The molecular formula is C19H26N4O3. The van der Waals surface area contributed by atoms with E-state index in [1.165, 1.54) is 12.8 Å². The zero-order valence-electron chi connectivity index (χ0n) is 15.2. The van der Waals surface area contributed by atoms with Gasteiger partial charge in [0.15, 0.2) is 5.76 Å². The van der Waals surface area contributed by atoms with Crippen molar-refractivity contribution in [3.63, 3.8) is 0 Å². The molecule has 2 aromatic heterocycles. The van der Waals surface area contributed by atoms with Crippen molar-refractivity contribution in [1.29, 1.82) is 0 Å². The van der Waals surface area contributed by atoms with Crippen molar-refractivity contribution in [3.05, 3.63) is 41.1 Å². The Morgan fingerprint density at radius 3 is 2.81 bits per heavy atom. The van der Waals surface area contributed by atoms with Gasteiger partial charge in [-0.05, 0) is 57.5 Å². The summed E-state index contributed by atoms with van der Waals surface area (Å²) in [5.41, 5.74) is 1.61. The van der Waals surface area contributed by atoms with Gasteiger partial charge in [-0.3, -0.25) is 14.4 Å². The Balaban J connectivity index is 1.46. The minimum Gasteiger partial charge on any atom is -0.455 e. The second-order valence-corrected chi connectivity index (χ2v) is 7.29. The van der Waals surface area contributed by atoms with Gasteiger partial charge in [0.1, 0.15) is 5.76 Å². The largest absolute Gasteiger partial charge is 0.455 e. The van der Waals surface area contributed by atoms with Crippen LogP contribution in [0.15, 0.2) is 22.6 Å². The van der Waals surface area contributed by atoms with Gasteiger partial charge in [0.25, 0.3) is 5.91 Å². The van der Waals surface area contributed by atoms with Gasteiger partial charge in [-0.15, -0.1) is 0 Å². The summed E-state index contributed by atoms with van der Waals surface area (Å²) >= 11 is 0. The Kier molecular flexibility index (Phi) is 4.82. The van der Waals surface area contributed by atoms with Gasteiger partial charge < -0.3 is 14.4 Å². The molecule has 0 spiro atoms. The molecule has 0 aliphatic carbocycles. The topological polar surface area (TPSA) is 74.7 Å². The van der Waals surface area contributed by atoms with Crippen molar-refractivity contribution in [2.45, 2.75) is 51.9 Å². The van der Waals surface area contributed by atoms with Gasteiger partial charge in [-0.25, -0.2) is 0 Å². The molecule has 26 heavy (non-hydrogen) atoms. The first-order valence-electron chi connectivity index (χ1n) is 9.45. The minimum atomic E-state index is -0.600. The molecule has 7 nitrogen and oxygen atoms in total. The van der Waals surface area contributed by atoms with E-state index >= 15 is 0 Å². The van der Waals surface area contributed by atoms with Crippen LogP contribution in [0.25, 0.3) is 0 Å². The van der Waals surface area contributed by atoms with Crippen LogP contribution in [0.2, 0.25) is 0 Å². The highest BCUT2D eigenvalue weighted by Gasteiger charge is 2.25. The van der Waals surface area contributed by atoms with Crippen molar-refractivity contribution in [1.82, 2.24) is 19.6 Å². The molecule has 4 heterocycles. The highest BCUT2D eigenvalue weighted by Crippen LogP contribution is 2.21. The molecule has 0 saturated carbocycles. The molecule has 2 aliphatic heterocycles. The molecule has 1 amide bonds. The SMILES string of the molecule is C[C@@H](O)c1cc2n(n1)CCCN(C(=O)c1ccc(CN3CCCC3)o1)C2. The lowest BCUT2D eigenvalue weighted by Crippen LogP contribution is -2.30. The van der Waals surface area contributed by atoms with Crippen LogP contribution < -0.4 is 0 Å². The number of likely N-dealkylation sites (tertiary alicyclic amines) is 1. The number of hydrogen-bond donors (Lipinski definition) is 1. The van der Waals surface area contributed by atoms with E-state index in [0.717, 1.165) is 44.1 Å². The lowest BCUT2D eigenvalue weighted by molar-refractivity contribution is 0.0710. The van der Waals surface area contributed by atoms with Crippen LogP contribution in [-0.4, -0.2) is 50.2 Å². The average molecular weight is 358 g/mol. The maximum Gasteiger partial charge on any atom is 0.289 e. The number of aliphatic hydroxyl groups is 1. The highest BCUT2D eigenvalue weighted by atomic mass is 16.4. The number of aromatic nitrogens is 2. The number of hydrogen-bond acceptors (Lipinski definition) is 5. The van der Waals surface area contributed by atoms with Crippen LogP contribution >= 0.6 is 0 Å². The number of amides is 1. The van der Waals surface area contributed by atoms with E-state index in [0.29, 0.717) is 24.5 Å². The second-order valence-electron chi connectivity index (χ2n) is 7.29. The van der Waals surface area contributed by atoms with Gasteiger partial charge in [0, 0.05) is 13.1 Å². The molecule has 140 valence electrons. The molecule has 0 aromatic carbocycles. The summed E-state index contributed by atoms with van der Waals surface area (Å²) in [5, 5.41) is 14.2. The zero-order valence-corrected chi connectivity index (χ0v) is 15.2. The van der Waals surface area contributed by atoms with E-state index in [1.54, 1.807) is 13.0 Å². The monoisotopic (exact) mass is 358 g/mol. The molecule has 0 radical (unpaired) electrons. The third-order valence-corrected chi connectivity index (χ3v) is 5.20. The van der Waals surface area contributed by atoms with E-state index in [-0.39, 0.29) is 5.91 Å². The molecule has 2 aromatic rings. The standard InChI is InChI=1S/C19H26N4O3/c1-14(24)17-11-15-12-22(9-4-10-23(15)20-17)19(25)18-6-5-16(26-18)13-21-7-2-3-8-21/h5-6,11,14,24H,2-4,7-10,12-13H2,1H3/t14-/m1/s1. The molecule has 0 unspecified atom stereocenters. The molecule has 1 fully saturated rings. The van der Waals surface area contributed by atoms with Crippen LogP contribution in [0.4, 0.5) is 0 Å². The predicted octanol–water partition coefficient (Wildman–Crippen LogP) is 2.17. The molecule has 7 heteroatoms. The van der Waals surface area contributed by atoms with E-state index in [2.05, 4.69) is 10.00 Å². The Morgan fingerprint density at radius 2 is 2.04 bits per heavy atom. The van der Waals surface area contributed by atoms with Crippen molar-refractivity contribution >= 4 is 5.91 Å². The summed E-state index contributed by atoms with van der Waals surface area (Å²) in [6, 6.07) is 5.59. The molecule has 1 N–H and O–H groups in total. The summed E-state index contributed by atoms with van der Waals surface area (Å²) < 4.78 is 7.74. The number of carbonyl (C=O) groups excluding carboxylic acids is 1. The Hall–Kier alpha value is -2.12. The lowest BCUT2D eigenvalue weighted by atomic mass is 10.2. The smallest absolute Gasteiger partial charge is 0.289 e. The number of fused-ring (bicyclic) bond motifs is 1. The summed E-state index contributed by atoms with van der Waals surface area (Å²) in [5.74, 6) is 1.18. The Morgan fingerprint density at radius 1 is 1.23 bits per heavy atom. The number of furan rings is 1. The van der Waals surface area contributed by atoms with Crippen LogP contribution in [0.1, 0.15) is 60.0 Å². The van der Waals surface area contributed by atoms with E-state index in [4.69, 9.17) is 4.42 Å². The zero-order chi connectivity index (χ0) is 18.1. The van der Waals surface area contributed by atoms with E-state index in [1.807, 2.05) is 21.7 Å². The molecule has 0 bridgehead atoms. The van der Waals surface area contributed by atoms with Gasteiger partial charge in [0.2, 0.25) is 0 Å². The minimum absolute atomic E-state index is 0.0779. The van der Waals surface area contributed by atoms with Crippen LogP contribution in [-0.2, 0) is 19.6 Å².